The molecule has 9 heteroatoms. The smallest absolute Gasteiger partial charge is 0.236 e. The molecule has 0 unspecified atom stereocenters. The normalized spacial score (nSPS) is 10.7. The van der Waals surface area contributed by atoms with Crippen LogP contribution in [-0.4, -0.2) is 31.4 Å². The quantitative estimate of drug-likeness (QED) is 0.387. The van der Waals surface area contributed by atoms with E-state index in [1.54, 1.807) is 12.1 Å². The number of nitriles is 1. The van der Waals surface area contributed by atoms with Crippen molar-refractivity contribution < 1.29 is 4.79 Å². The second kappa shape index (κ2) is 9.30. The lowest BCUT2D eigenvalue weighted by Gasteiger charge is -2.12. The molecule has 0 spiro atoms. The summed E-state index contributed by atoms with van der Waals surface area (Å²) >= 11 is 7.13. The van der Waals surface area contributed by atoms with Crippen LogP contribution in [0.1, 0.15) is 16.8 Å². The summed E-state index contributed by atoms with van der Waals surface area (Å²) in [5.41, 5.74) is 3.91. The predicted octanol–water partition coefficient (Wildman–Crippen LogP) is 5.14. The number of H-pyrrole nitrogens is 1. The van der Waals surface area contributed by atoms with Crippen LogP contribution in [0.5, 0.6) is 0 Å². The maximum absolute atomic E-state index is 12.7. The van der Waals surface area contributed by atoms with Crippen molar-refractivity contribution >= 4 is 35.1 Å². The largest absolute Gasteiger partial charge is 0.310 e. The van der Waals surface area contributed by atoms with E-state index >= 15 is 0 Å². The zero-order chi connectivity index (χ0) is 22.7. The average Bonchev–Trinajstić information content (AvgIpc) is 3.36. The number of thioether (sulfide) groups is 1. The van der Waals surface area contributed by atoms with Gasteiger partial charge in [-0.15, -0.1) is 5.10 Å². The standard InChI is InChI=1S/C23H19ClN6OS/c1-14-15(2)30(18-6-4-3-5-7-18)22(19(14)12-25)26-20(31)13-32-23-27-21(28-29-23)16-8-10-17(24)11-9-16/h3-11H,13H2,1-2H3,(H,26,31)(H,27,28,29). The zero-order valence-electron chi connectivity index (χ0n) is 17.4. The number of para-hydroxylation sites is 1. The highest BCUT2D eigenvalue weighted by molar-refractivity contribution is 7.99. The van der Waals surface area contributed by atoms with Crippen LogP contribution in [0.2, 0.25) is 5.02 Å². The molecule has 0 radical (unpaired) electrons. The van der Waals surface area contributed by atoms with Crippen molar-refractivity contribution in [1.29, 1.82) is 5.26 Å². The molecule has 7 nitrogen and oxygen atoms in total. The van der Waals surface area contributed by atoms with Gasteiger partial charge in [0.15, 0.2) is 5.82 Å². The van der Waals surface area contributed by atoms with Gasteiger partial charge in [0, 0.05) is 22.0 Å². The summed E-state index contributed by atoms with van der Waals surface area (Å²) in [5, 5.41) is 20.7. The zero-order valence-corrected chi connectivity index (χ0v) is 19.0. The number of halogens is 1. The van der Waals surface area contributed by atoms with Gasteiger partial charge in [0.05, 0.1) is 11.3 Å². The van der Waals surface area contributed by atoms with Crippen molar-refractivity contribution in [3.05, 3.63) is 76.4 Å². The Morgan fingerprint density at radius 3 is 2.59 bits per heavy atom. The molecule has 0 aliphatic heterocycles. The molecular weight excluding hydrogens is 444 g/mol. The SMILES string of the molecule is Cc1c(C#N)c(NC(=O)CSc2n[nH]c(-c3ccc(Cl)cc3)n2)n(-c2ccccc2)c1C. The third-order valence-corrected chi connectivity index (χ3v) is 6.11. The van der Waals surface area contributed by atoms with Gasteiger partial charge in [0.25, 0.3) is 0 Å². The Morgan fingerprint density at radius 2 is 1.91 bits per heavy atom. The molecule has 2 aromatic carbocycles. The number of nitrogens with one attached hydrogen (secondary N) is 2. The van der Waals surface area contributed by atoms with Crippen LogP contribution in [0.25, 0.3) is 17.1 Å². The minimum Gasteiger partial charge on any atom is -0.310 e. The first-order chi connectivity index (χ1) is 15.5. The van der Waals surface area contributed by atoms with Crippen molar-refractivity contribution in [3.63, 3.8) is 0 Å². The minimum atomic E-state index is -0.251. The number of benzene rings is 2. The Bertz CT molecular complexity index is 1310. The summed E-state index contributed by atoms with van der Waals surface area (Å²) in [5.74, 6) is 0.914. The molecule has 0 saturated carbocycles. The van der Waals surface area contributed by atoms with Gasteiger partial charge in [0.2, 0.25) is 11.1 Å². The van der Waals surface area contributed by atoms with Crippen LogP contribution in [0.4, 0.5) is 5.82 Å². The molecule has 0 saturated heterocycles. The highest BCUT2D eigenvalue weighted by Crippen LogP contribution is 2.30. The van der Waals surface area contributed by atoms with E-state index in [9.17, 15) is 10.1 Å². The number of aromatic nitrogens is 4. The van der Waals surface area contributed by atoms with Crippen molar-refractivity contribution in [3.8, 4) is 23.1 Å². The Balaban J connectivity index is 1.50. The maximum Gasteiger partial charge on any atom is 0.236 e. The Morgan fingerprint density at radius 1 is 1.19 bits per heavy atom. The third kappa shape index (κ3) is 4.40. The number of carbonyl (C=O) groups excluding carboxylic acids is 1. The van der Waals surface area contributed by atoms with Gasteiger partial charge in [-0.25, -0.2) is 4.98 Å². The number of nitrogens with zero attached hydrogens (tertiary/aromatic N) is 4. The van der Waals surface area contributed by atoms with Crippen LogP contribution in [0.15, 0.2) is 59.8 Å². The first kappa shape index (κ1) is 21.7. The molecular formula is C23H19ClN6OS. The van der Waals surface area contributed by atoms with E-state index in [0.717, 1.165) is 22.5 Å². The van der Waals surface area contributed by atoms with Gasteiger partial charge in [-0.2, -0.15) is 5.26 Å². The van der Waals surface area contributed by atoms with Crippen molar-refractivity contribution in [2.75, 3.05) is 11.1 Å². The maximum atomic E-state index is 12.7. The summed E-state index contributed by atoms with van der Waals surface area (Å²) in [6.45, 7) is 3.81. The molecule has 2 heterocycles. The third-order valence-electron chi connectivity index (χ3n) is 5.01. The number of hydrogen-bond donors (Lipinski definition) is 2. The molecule has 2 aromatic heterocycles. The molecule has 2 N–H and O–H groups in total. The topological polar surface area (TPSA) is 99.4 Å². The van der Waals surface area contributed by atoms with Crippen LogP contribution >= 0.6 is 23.4 Å². The molecule has 1 amide bonds. The number of aromatic amines is 1. The Labute approximate surface area is 194 Å². The highest BCUT2D eigenvalue weighted by Gasteiger charge is 2.21. The number of hydrogen-bond acceptors (Lipinski definition) is 5. The van der Waals surface area contributed by atoms with E-state index in [4.69, 9.17) is 11.6 Å². The minimum absolute atomic E-state index is 0.0981. The predicted molar refractivity (Wildman–Crippen MR) is 126 cm³/mol. The monoisotopic (exact) mass is 462 g/mol. The van der Waals surface area contributed by atoms with Crippen molar-refractivity contribution in [1.82, 2.24) is 19.7 Å². The number of rotatable bonds is 6. The number of carbonyl (C=O) groups is 1. The summed E-state index contributed by atoms with van der Waals surface area (Å²) in [6, 6.07) is 19.1. The molecule has 32 heavy (non-hydrogen) atoms. The summed E-state index contributed by atoms with van der Waals surface area (Å²) in [6.07, 6.45) is 0. The second-order valence-corrected chi connectivity index (χ2v) is 8.41. The lowest BCUT2D eigenvalue weighted by Crippen LogP contribution is -2.17. The highest BCUT2D eigenvalue weighted by atomic mass is 35.5. The van der Waals surface area contributed by atoms with Crippen molar-refractivity contribution in [2.24, 2.45) is 0 Å². The lowest BCUT2D eigenvalue weighted by molar-refractivity contribution is -0.113. The van der Waals surface area contributed by atoms with Crippen LogP contribution in [0.3, 0.4) is 0 Å². The van der Waals surface area contributed by atoms with Gasteiger partial charge in [-0.1, -0.05) is 41.6 Å². The summed E-state index contributed by atoms with van der Waals surface area (Å²) in [7, 11) is 0. The van der Waals surface area contributed by atoms with Gasteiger partial charge in [-0.05, 0) is 55.8 Å². The number of amides is 1. The lowest BCUT2D eigenvalue weighted by atomic mass is 10.2. The first-order valence-corrected chi connectivity index (χ1v) is 11.1. The summed E-state index contributed by atoms with van der Waals surface area (Å²) in [4.78, 5) is 17.2. The fourth-order valence-electron chi connectivity index (χ4n) is 3.31. The molecule has 0 atom stereocenters. The molecule has 0 aliphatic rings. The van der Waals surface area contributed by atoms with Crippen LogP contribution in [0, 0.1) is 25.2 Å². The van der Waals surface area contributed by atoms with Gasteiger partial charge < -0.3 is 5.32 Å². The van der Waals surface area contributed by atoms with Crippen LogP contribution in [-0.2, 0) is 4.79 Å². The number of anilines is 1. The molecule has 4 rings (SSSR count). The molecule has 4 aromatic rings. The van der Waals surface area contributed by atoms with E-state index in [-0.39, 0.29) is 11.7 Å². The van der Waals surface area contributed by atoms with Gasteiger partial charge in [-0.3, -0.25) is 14.5 Å². The van der Waals surface area contributed by atoms with E-state index in [2.05, 4.69) is 26.6 Å². The molecule has 0 fully saturated rings. The Hall–Kier alpha value is -3.54. The van der Waals surface area contributed by atoms with Crippen LogP contribution < -0.4 is 5.32 Å². The van der Waals surface area contributed by atoms with Gasteiger partial charge in [0.1, 0.15) is 11.9 Å². The second-order valence-electron chi connectivity index (χ2n) is 7.03. The Kier molecular flexibility index (Phi) is 6.30. The van der Waals surface area contributed by atoms with E-state index in [0.29, 0.717) is 27.4 Å². The van der Waals surface area contributed by atoms with E-state index in [1.165, 1.54) is 11.8 Å². The molecule has 0 aliphatic carbocycles. The molecule has 0 bridgehead atoms. The van der Waals surface area contributed by atoms with E-state index < -0.39 is 0 Å². The molecule has 160 valence electrons. The van der Waals surface area contributed by atoms with Gasteiger partial charge >= 0.3 is 0 Å². The van der Waals surface area contributed by atoms with Crippen molar-refractivity contribution in [2.45, 2.75) is 19.0 Å². The van der Waals surface area contributed by atoms with E-state index in [1.807, 2.05) is 60.9 Å². The first-order valence-electron chi connectivity index (χ1n) is 9.76. The fourth-order valence-corrected chi connectivity index (χ4v) is 4.03. The average molecular weight is 463 g/mol. The summed E-state index contributed by atoms with van der Waals surface area (Å²) < 4.78 is 1.89. The fraction of sp³-hybridized carbons (Fsp3) is 0.130.